The molecule has 0 bridgehead atoms. The number of aryl methyl sites for hydroxylation is 1. The maximum absolute atomic E-state index is 11.2. The van der Waals surface area contributed by atoms with Gasteiger partial charge in [0.1, 0.15) is 5.75 Å². The van der Waals surface area contributed by atoms with Gasteiger partial charge in [-0.3, -0.25) is 10.1 Å². The highest BCUT2D eigenvalue weighted by Crippen LogP contribution is 2.28. The normalized spacial score (nSPS) is 10.2. The summed E-state index contributed by atoms with van der Waals surface area (Å²) in [6, 6.07) is 13.9. The minimum Gasteiger partial charge on any atom is -0.439 e. The van der Waals surface area contributed by atoms with Gasteiger partial charge in [0, 0.05) is 36.3 Å². The molecule has 120 valence electrons. The van der Waals surface area contributed by atoms with Gasteiger partial charge in [-0.05, 0) is 30.7 Å². The number of nitrogens with zero attached hydrogens (tertiary/aromatic N) is 3. The lowest BCUT2D eigenvalue weighted by Crippen LogP contribution is -2.00. The van der Waals surface area contributed by atoms with Gasteiger partial charge in [0.2, 0.25) is 11.7 Å². The van der Waals surface area contributed by atoms with Gasteiger partial charge >= 0.3 is 5.69 Å². The van der Waals surface area contributed by atoms with Crippen molar-refractivity contribution in [3.05, 3.63) is 76.6 Å². The van der Waals surface area contributed by atoms with Crippen molar-refractivity contribution in [1.29, 1.82) is 0 Å². The molecule has 3 rings (SSSR count). The van der Waals surface area contributed by atoms with E-state index in [0.717, 1.165) is 5.56 Å². The van der Waals surface area contributed by atoms with Crippen LogP contribution < -0.4 is 10.1 Å². The lowest BCUT2D eigenvalue weighted by molar-refractivity contribution is -0.384. The van der Waals surface area contributed by atoms with Gasteiger partial charge in [-0.1, -0.05) is 12.1 Å². The number of nitro groups is 1. The van der Waals surface area contributed by atoms with E-state index in [1.54, 1.807) is 55.7 Å². The summed E-state index contributed by atoms with van der Waals surface area (Å²) in [6.07, 6.45) is 3.21. The molecule has 0 saturated carbocycles. The molecule has 0 spiro atoms. The fourth-order valence-electron chi connectivity index (χ4n) is 2.09. The van der Waals surface area contributed by atoms with Crippen molar-refractivity contribution in [2.24, 2.45) is 0 Å². The maximum Gasteiger partial charge on any atom is 0.311 e. The molecule has 1 N–H and O–H groups in total. The van der Waals surface area contributed by atoms with Gasteiger partial charge in [-0.2, -0.15) is 0 Å². The summed E-state index contributed by atoms with van der Waals surface area (Å²) in [5, 5.41) is 14.1. The zero-order valence-electron chi connectivity index (χ0n) is 12.8. The van der Waals surface area contributed by atoms with Crippen LogP contribution in [0.4, 0.5) is 17.2 Å². The van der Waals surface area contributed by atoms with E-state index >= 15 is 0 Å². The van der Waals surface area contributed by atoms with Crippen LogP contribution >= 0.6 is 0 Å². The Kier molecular flexibility index (Phi) is 4.33. The standard InChI is InChI=1S/C17H14N4O3/c1-12-9-15(21(22)23)17(19-11-12)20-13-5-4-6-14(10-13)24-16-7-2-3-8-18-16/h2-11H,1H3,(H,19,20). The quantitative estimate of drug-likeness (QED) is 0.558. The molecule has 0 atom stereocenters. The number of aromatic nitrogens is 2. The van der Waals surface area contributed by atoms with Crippen LogP contribution in [0.5, 0.6) is 11.6 Å². The molecule has 0 fully saturated rings. The molecule has 0 saturated heterocycles. The maximum atomic E-state index is 11.2. The Balaban J connectivity index is 1.84. The minimum absolute atomic E-state index is 0.0777. The highest BCUT2D eigenvalue weighted by molar-refractivity contribution is 5.66. The van der Waals surface area contributed by atoms with Crippen LogP contribution in [-0.2, 0) is 0 Å². The Bertz CT molecular complexity index is 869. The molecule has 0 unspecified atom stereocenters. The van der Waals surface area contributed by atoms with Crippen LogP contribution in [0, 0.1) is 17.0 Å². The molecule has 0 radical (unpaired) electrons. The van der Waals surface area contributed by atoms with Gasteiger partial charge in [0.05, 0.1) is 4.92 Å². The number of rotatable bonds is 5. The first-order valence-corrected chi connectivity index (χ1v) is 7.19. The summed E-state index contributed by atoms with van der Waals surface area (Å²) in [4.78, 5) is 18.9. The van der Waals surface area contributed by atoms with Crippen molar-refractivity contribution in [2.75, 3.05) is 5.32 Å². The molecule has 3 aromatic rings. The smallest absolute Gasteiger partial charge is 0.311 e. The second-order valence-corrected chi connectivity index (χ2v) is 5.06. The fourth-order valence-corrected chi connectivity index (χ4v) is 2.09. The molecule has 0 aliphatic heterocycles. The van der Waals surface area contributed by atoms with E-state index in [4.69, 9.17) is 4.74 Å². The molecular formula is C17H14N4O3. The first-order chi connectivity index (χ1) is 11.6. The average Bonchev–Trinajstić information content (AvgIpc) is 2.57. The lowest BCUT2D eigenvalue weighted by Gasteiger charge is -2.09. The van der Waals surface area contributed by atoms with Gasteiger partial charge in [-0.25, -0.2) is 9.97 Å². The third-order valence-electron chi connectivity index (χ3n) is 3.16. The highest BCUT2D eigenvalue weighted by atomic mass is 16.6. The summed E-state index contributed by atoms with van der Waals surface area (Å²) in [5.41, 5.74) is 1.27. The Morgan fingerprint density at radius 3 is 2.75 bits per heavy atom. The van der Waals surface area contributed by atoms with E-state index in [2.05, 4.69) is 15.3 Å². The zero-order valence-corrected chi connectivity index (χ0v) is 12.8. The Hall–Kier alpha value is -3.48. The topological polar surface area (TPSA) is 90.2 Å². The second kappa shape index (κ2) is 6.74. The summed E-state index contributed by atoms with van der Waals surface area (Å²) < 4.78 is 5.65. The van der Waals surface area contributed by atoms with E-state index in [-0.39, 0.29) is 11.5 Å². The van der Waals surface area contributed by atoms with Crippen molar-refractivity contribution in [3.63, 3.8) is 0 Å². The summed E-state index contributed by atoms with van der Waals surface area (Å²) in [5.74, 6) is 1.21. The molecule has 7 nitrogen and oxygen atoms in total. The molecule has 2 aromatic heterocycles. The van der Waals surface area contributed by atoms with Gasteiger partial charge in [0.25, 0.3) is 0 Å². The summed E-state index contributed by atoms with van der Waals surface area (Å²) in [6.45, 7) is 1.76. The van der Waals surface area contributed by atoms with Crippen LogP contribution in [-0.4, -0.2) is 14.9 Å². The van der Waals surface area contributed by atoms with Crippen molar-refractivity contribution in [1.82, 2.24) is 9.97 Å². The summed E-state index contributed by atoms with van der Waals surface area (Å²) in [7, 11) is 0. The SMILES string of the molecule is Cc1cnc(Nc2cccc(Oc3ccccn3)c2)c([N+](=O)[O-])c1. The predicted molar refractivity (Wildman–Crippen MR) is 89.7 cm³/mol. The third-order valence-corrected chi connectivity index (χ3v) is 3.16. The van der Waals surface area contributed by atoms with E-state index in [1.165, 1.54) is 6.07 Å². The van der Waals surface area contributed by atoms with Crippen LogP contribution in [0.1, 0.15) is 5.56 Å². The number of pyridine rings is 2. The van der Waals surface area contributed by atoms with E-state index in [0.29, 0.717) is 17.3 Å². The first kappa shape index (κ1) is 15.4. The van der Waals surface area contributed by atoms with E-state index in [9.17, 15) is 10.1 Å². The van der Waals surface area contributed by atoms with Crippen molar-refractivity contribution in [2.45, 2.75) is 6.92 Å². The van der Waals surface area contributed by atoms with Gasteiger partial charge in [-0.15, -0.1) is 0 Å². The van der Waals surface area contributed by atoms with Crippen molar-refractivity contribution < 1.29 is 9.66 Å². The monoisotopic (exact) mass is 322 g/mol. The highest BCUT2D eigenvalue weighted by Gasteiger charge is 2.15. The number of hydrogen-bond acceptors (Lipinski definition) is 6. The molecule has 2 heterocycles. The Morgan fingerprint density at radius 2 is 2.00 bits per heavy atom. The minimum atomic E-state index is -0.462. The van der Waals surface area contributed by atoms with Crippen LogP contribution in [0.25, 0.3) is 0 Å². The molecule has 7 heteroatoms. The Labute approximate surface area is 138 Å². The molecule has 24 heavy (non-hydrogen) atoms. The van der Waals surface area contributed by atoms with E-state index < -0.39 is 4.92 Å². The number of anilines is 2. The predicted octanol–water partition coefficient (Wildman–Crippen LogP) is 4.23. The molecule has 0 amide bonds. The largest absolute Gasteiger partial charge is 0.439 e. The first-order valence-electron chi connectivity index (χ1n) is 7.19. The number of ether oxygens (including phenoxy) is 1. The lowest BCUT2D eigenvalue weighted by atomic mass is 10.2. The number of hydrogen-bond donors (Lipinski definition) is 1. The third kappa shape index (κ3) is 3.64. The average molecular weight is 322 g/mol. The zero-order chi connectivity index (χ0) is 16.9. The number of benzene rings is 1. The fraction of sp³-hybridized carbons (Fsp3) is 0.0588. The summed E-state index contributed by atoms with van der Waals surface area (Å²) >= 11 is 0. The van der Waals surface area contributed by atoms with Gasteiger partial charge < -0.3 is 10.1 Å². The molecule has 0 aliphatic carbocycles. The van der Waals surface area contributed by atoms with Crippen LogP contribution in [0.2, 0.25) is 0 Å². The molecule has 1 aromatic carbocycles. The number of nitrogens with one attached hydrogen (secondary N) is 1. The Morgan fingerprint density at radius 1 is 1.12 bits per heavy atom. The van der Waals surface area contributed by atoms with Crippen LogP contribution in [0.3, 0.4) is 0 Å². The van der Waals surface area contributed by atoms with Crippen molar-refractivity contribution >= 4 is 17.2 Å². The van der Waals surface area contributed by atoms with Gasteiger partial charge in [0.15, 0.2) is 0 Å². The second-order valence-electron chi connectivity index (χ2n) is 5.06. The molecular weight excluding hydrogens is 308 g/mol. The van der Waals surface area contributed by atoms with Crippen molar-refractivity contribution in [3.8, 4) is 11.6 Å². The molecule has 0 aliphatic rings. The van der Waals surface area contributed by atoms with E-state index in [1.807, 2.05) is 6.07 Å². The van der Waals surface area contributed by atoms with Crippen LogP contribution in [0.15, 0.2) is 60.9 Å².